The molecule has 0 radical (unpaired) electrons. The predicted octanol–water partition coefficient (Wildman–Crippen LogP) is 2.18. The molecule has 1 amide bonds. The van der Waals surface area contributed by atoms with Crippen LogP contribution in [0.2, 0.25) is 0 Å². The molecule has 1 aliphatic rings. The van der Waals surface area contributed by atoms with Gasteiger partial charge in [0.15, 0.2) is 0 Å². The molecule has 22 heavy (non-hydrogen) atoms. The van der Waals surface area contributed by atoms with E-state index in [2.05, 4.69) is 5.43 Å². The lowest BCUT2D eigenvalue weighted by Crippen LogP contribution is -2.49. The smallest absolute Gasteiger partial charge is 0.246 e. The van der Waals surface area contributed by atoms with Gasteiger partial charge >= 0.3 is 0 Å². The number of morpholine rings is 1. The van der Waals surface area contributed by atoms with Gasteiger partial charge in [0.2, 0.25) is 5.91 Å². The minimum atomic E-state index is -0.301. The van der Waals surface area contributed by atoms with Crippen molar-refractivity contribution in [3.05, 3.63) is 71.8 Å². The Labute approximate surface area is 130 Å². The summed E-state index contributed by atoms with van der Waals surface area (Å²) < 4.78 is 5.32. The average molecular weight is 296 g/mol. The Bertz CT molecular complexity index is 555. The monoisotopic (exact) mass is 296 g/mol. The highest BCUT2D eigenvalue weighted by atomic mass is 16.5. The first-order valence-electron chi connectivity index (χ1n) is 7.57. The molecule has 4 nitrogen and oxygen atoms in total. The predicted molar refractivity (Wildman–Crippen MR) is 85.3 cm³/mol. The van der Waals surface area contributed by atoms with E-state index in [1.807, 2.05) is 65.7 Å². The Balaban J connectivity index is 1.83. The zero-order chi connectivity index (χ0) is 15.2. The molecule has 0 spiro atoms. The molecule has 0 atom stereocenters. The number of benzene rings is 2. The number of nitrogens with zero attached hydrogens (tertiary/aromatic N) is 1. The highest BCUT2D eigenvalue weighted by molar-refractivity contribution is 5.86. The molecule has 1 N–H and O–H groups in total. The molecule has 1 fully saturated rings. The minimum absolute atomic E-state index is 0.000648. The number of ether oxygens (including phenoxy) is 1. The van der Waals surface area contributed by atoms with Crippen molar-refractivity contribution in [3.63, 3.8) is 0 Å². The van der Waals surface area contributed by atoms with Gasteiger partial charge in [-0.05, 0) is 11.1 Å². The van der Waals surface area contributed by atoms with E-state index in [4.69, 9.17) is 4.74 Å². The van der Waals surface area contributed by atoms with Gasteiger partial charge in [-0.2, -0.15) is 0 Å². The van der Waals surface area contributed by atoms with Crippen molar-refractivity contribution in [3.8, 4) is 0 Å². The van der Waals surface area contributed by atoms with Gasteiger partial charge in [-0.3, -0.25) is 10.2 Å². The van der Waals surface area contributed by atoms with Gasteiger partial charge in [-0.25, -0.2) is 5.01 Å². The van der Waals surface area contributed by atoms with Crippen molar-refractivity contribution in [2.45, 2.75) is 5.92 Å². The fraction of sp³-hybridized carbons (Fsp3) is 0.278. The molecule has 3 rings (SSSR count). The molecule has 0 unspecified atom stereocenters. The molecule has 4 heteroatoms. The number of carbonyl (C=O) groups is 1. The number of amides is 1. The lowest BCUT2D eigenvalue weighted by atomic mass is 9.91. The quantitative estimate of drug-likeness (QED) is 0.940. The Kier molecular flexibility index (Phi) is 4.83. The molecule has 2 aromatic carbocycles. The molecule has 2 aromatic rings. The highest BCUT2D eigenvalue weighted by Crippen LogP contribution is 2.24. The van der Waals surface area contributed by atoms with Crippen LogP contribution in [0.1, 0.15) is 17.0 Å². The first-order chi connectivity index (χ1) is 10.8. The SMILES string of the molecule is O=C(NN1CCOCC1)C(c1ccccc1)c1ccccc1. The van der Waals surface area contributed by atoms with Gasteiger partial charge in [0.1, 0.15) is 0 Å². The second-order valence-electron chi connectivity index (χ2n) is 5.33. The van der Waals surface area contributed by atoms with Crippen LogP contribution in [0.4, 0.5) is 0 Å². The van der Waals surface area contributed by atoms with Crippen molar-refractivity contribution < 1.29 is 9.53 Å². The zero-order valence-corrected chi connectivity index (χ0v) is 12.4. The van der Waals surface area contributed by atoms with Crippen LogP contribution in [0.5, 0.6) is 0 Å². The first-order valence-corrected chi connectivity index (χ1v) is 7.57. The fourth-order valence-corrected chi connectivity index (χ4v) is 2.68. The van der Waals surface area contributed by atoms with E-state index in [1.54, 1.807) is 0 Å². The molecule has 0 bridgehead atoms. The van der Waals surface area contributed by atoms with E-state index in [9.17, 15) is 4.79 Å². The van der Waals surface area contributed by atoms with E-state index in [-0.39, 0.29) is 11.8 Å². The number of hydrogen-bond acceptors (Lipinski definition) is 3. The van der Waals surface area contributed by atoms with E-state index in [0.29, 0.717) is 13.2 Å². The standard InChI is InChI=1S/C18H20N2O2/c21-18(19-20-11-13-22-14-12-20)17(15-7-3-1-4-8-15)16-9-5-2-6-10-16/h1-10,17H,11-14H2,(H,19,21). The molecular weight excluding hydrogens is 276 g/mol. The maximum Gasteiger partial charge on any atom is 0.246 e. The summed E-state index contributed by atoms with van der Waals surface area (Å²) in [7, 11) is 0. The van der Waals surface area contributed by atoms with Crippen molar-refractivity contribution in [2.24, 2.45) is 0 Å². The van der Waals surface area contributed by atoms with Gasteiger partial charge in [-0.15, -0.1) is 0 Å². The number of rotatable bonds is 4. The highest BCUT2D eigenvalue weighted by Gasteiger charge is 2.24. The zero-order valence-electron chi connectivity index (χ0n) is 12.4. The molecule has 1 heterocycles. The summed E-state index contributed by atoms with van der Waals surface area (Å²) in [5, 5.41) is 1.94. The van der Waals surface area contributed by atoms with Gasteiger partial charge < -0.3 is 4.74 Å². The minimum Gasteiger partial charge on any atom is -0.379 e. The van der Waals surface area contributed by atoms with Gasteiger partial charge in [-0.1, -0.05) is 60.7 Å². The van der Waals surface area contributed by atoms with E-state index < -0.39 is 0 Å². The second-order valence-corrected chi connectivity index (χ2v) is 5.33. The van der Waals surface area contributed by atoms with Crippen LogP contribution >= 0.6 is 0 Å². The Morgan fingerprint density at radius 2 is 1.41 bits per heavy atom. The normalized spacial score (nSPS) is 15.7. The van der Waals surface area contributed by atoms with Crippen LogP contribution < -0.4 is 5.43 Å². The lowest BCUT2D eigenvalue weighted by molar-refractivity contribution is -0.128. The lowest BCUT2D eigenvalue weighted by Gasteiger charge is -2.29. The summed E-state index contributed by atoms with van der Waals surface area (Å²) >= 11 is 0. The van der Waals surface area contributed by atoms with Crippen LogP contribution in [0, 0.1) is 0 Å². The molecule has 114 valence electrons. The van der Waals surface area contributed by atoms with Gasteiger partial charge in [0.25, 0.3) is 0 Å². The number of hydrogen-bond donors (Lipinski definition) is 1. The maximum atomic E-state index is 12.8. The Morgan fingerprint density at radius 3 is 1.91 bits per heavy atom. The van der Waals surface area contributed by atoms with Crippen molar-refractivity contribution in [1.29, 1.82) is 0 Å². The second kappa shape index (κ2) is 7.20. The van der Waals surface area contributed by atoms with Crippen molar-refractivity contribution in [1.82, 2.24) is 10.4 Å². The third-order valence-corrected chi connectivity index (χ3v) is 3.81. The summed E-state index contributed by atoms with van der Waals surface area (Å²) in [6, 6.07) is 19.8. The van der Waals surface area contributed by atoms with Crippen molar-refractivity contribution in [2.75, 3.05) is 26.3 Å². The van der Waals surface area contributed by atoms with Gasteiger partial charge in [0, 0.05) is 13.1 Å². The topological polar surface area (TPSA) is 41.6 Å². The summed E-state index contributed by atoms with van der Waals surface area (Å²) in [5.74, 6) is -0.301. The molecule has 0 aromatic heterocycles. The fourth-order valence-electron chi connectivity index (χ4n) is 2.68. The summed E-state index contributed by atoms with van der Waals surface area (Å²) in [4.78, 5) is 12.8. The van der Waals surface area contributed by atoms with Crippen LogP contribution in [0.25, 0.3) is 0 Å². The molecule has 0 aliphatic carbocycles. The third-order valence-electron chi connectivity index (χ3n) is 3.81. The van der Waals surface area contributed by atoms with E-state index >= 15 is 0 Å². The average Bonchev–Trinajstić information content (AvgIpc) is 2.58. The Hall–Kier alpha value is -2.17. The number of hydrazine groups is 1. The molecular formula is C18H20N2O2. The van der Waals surface area contributed by atoms with Crippen LogP contribution in [0.15, 0.2) is 60.7 Å². The third kappa shape index (κ3) is 3.53. The van der Waals surface area contributed by atoms with Crippen LogP contribution in [-0.4, -0.2) is 37.2 Å². The summed E-state index contributed by atoms with van der Waals surface area (Å²) in [5.41, 5.74) is 5.03. The van der Waals surface area contributed by atoms with E-state index in [1.165, 1.54) is 0 Å². The van der Waals surface area contributed by atoms with Crippen LogP contribution in [0.3, 0.4) is 0 Å². The molecule has 1 aliphatic heterocycles. The maximum absolute atomic E-state index is 12.8. The van der Waals surface area contributed by atoms with Crippen LogP contribution in [-0.2, 0) is 9.53 Å². The molecule has 0 saturated carbocycles. The van der Waals surface area contributed by atoms with E-state index in [0.717, 1.165) is 24.2 Å². The van der Waals surface area contributed by atoms with Gasteiger partial charge in [0.05, 0.1) is 19.1 Å². The Morgan fingerprint density at radius 1 is 0.909 bits per heavy atom. The summed E-state index contributed by atoms with van der Waals surface area (Å²) in [6.07, 6.45) is 0. The summed E-state index contributed by atoms with van der Waals surface area (Å²) in [6.45, 7) is 2.76. The number of nitrogens with one attached hydrogen (secondary N) is 1. The van der Waals surface area contributed by atoms with Crippen molar-refractivity contribution >= 4 is 5.91 Å². The largest absolute Gasteiger partial charge is 0.379 e. The number of carbonyl (C=O) groups excluding carboxylic acids is 1. The molecule has 1 saturated heterocycles. The first kappa shape index (κ1) is 14.8.